The lowest BCUT2D eigenvalue weighted by atomic mass is 10.1. The van der Waals surface area contributed by atoms with Gasteiger partial charge >= 0.3 is 0 Å². The summed E-state index contributed by atoms with van der Waals surface area (Å²) in [4.78, 5) is 10.2. The summed E-state index contributed by atoms with van der Waals surface area (Å²) in [5.41, 5.74) is 0.121. The molecule has 0 heterocycles. The van der Waals surface area contributed by atoms with Gasteiger partial charge in [0.1, 0.15) is 0 Å². The molecule has 0 N–H and O–H groups in total. The monoisotopic (exact) mass is 267 g/mol. The highest BCUT2D eigenvalue weighted by Gasteiger charge is 2.04. The van der Waals surface area contributed by atoms with Gasteiger partial charge in [-0.15, -0.1) is 0 Å². The van der Waals surface area contributed by atoms with Crippen LogP contribution in [0.25, 0.3) is 0 Å². The third-order valence-corrected chi connectivity index (χ3v) is 2.66. The second-order valence-electron chi connectivity index (χ2n) is 4.24. The van der Waals surface area contributed by atoms with E-state index in [2.05, 4.69) is 13.0 Å². The van der Waals surface area contributed by atoms with Crippen molar-refractivity contribution in [1.29, 1.82) is 0 Å². The van der Waals surface area contributed by atoms with Crippen LogP contribution in [-0.2, 0) is 4.74 Å². The molecule has 0 aliphatic rings. The Morgan fingerprint density at radius 2 is 2.16 bits per heavy atom. The fourth-order valence-corrected chi connectivity index (χ4v) is 1.61. The van der Waals surface area contributed by atoms with Crippen LogP contribution in [0.5, 0.6) is 0 Å². The predicted octanol–water partition coefficient (Wildman–Crippen LogP) is 4.26. The van der Waals surface area contributed by atoms with Gasteiger partial charge in [-0.3, -0.25) is 10.1 Å². The number of allylic oxidation sites excluding steroid dienone is 3. The SMILES string of the molecule is C/C=C/C(CCCC)OCC/C=C\C(=C/C)[N+](=O)[O-]. The molecule has 0 aromatic heterocycles. The van der Waals surface area contributed by atoms with Gasteiger partial charge < -0.3 is 4.74 Å². The Balaban J connectivity index is 3.99. The maximum absolute atomic E-state index is 10.6. The van der Waals surface area contributed by atoms with E-state index in [0.29, 0.717) is 13.0 Å². The van der Waals surface area contributed by atoms with Crippen molar-refractivity contribution in [3.05, 3.63) is 46.2 Å². The van der Waals surface area contributed by atoms with Crippen molar-refractivity contribution in [2.75, 3.05) is 6.61 Å². The summed E-state index contributed by atoms with van der Waals surface area (Å²) in [5.74, 6) is 0. The first-order chi connectivity index (χ1) is 9.15. The minimum Gasteiger partial charge on any atom is -0.374 e. The Morgan fingerprint density at radius 3 is 2.68 bits per heavy atom. The van der Waals surface area contributed by atoms with Gasteiger partial charge in [-0.2, -0.15) is 0 Å². The fourth-order valence-electron chi connectivity index (χ4n) is 1.61. The molecule has 1 unspecified atom stereocenters. The Morgan fingerprint density at radius 1 is 1.42 bits per heavy atom. The van der Waals surface area contributed by atoms with E-state index in [0.717, 1.165) is 19.3 Å². The molecule has 0 bridgehead atoms. The Hall–Kier alpha value is -1.42. The average Bonchev–Trinajstić information content (AvgIpc) is 2.39. The van der Waals surface area contributed by atoms with Crippen LogP contribution in [0.15, 0.2) is 36.1 Å². The molecule has 4 heteroatoms. The van der Waals surface area contributed by atoms with Gasteiger partial charge in [0, 0.05) is 6.08 Å². The van der Waals surface area contributed by atoms with E-state index in [4.69, 9.17) is 4.74 Å². The van der Waals surface area contributed by atoms with Crippen LogP contribution in [0, 0.1) is 10.1 Å². The molecule has 108 valence electrons. The molecule has 19 heavy (non-hydrogen) atoms. The quantitative estimate of drug-likeness (QED) is 0.195. The zero-order chi connectivity index (χ0) is 14.5. The van der Waals surface area contributed by atoms with E-state index in [1.54, 1.807) is 13.0 Å². The smallest absolute Gasteiger partial charge is 0.264 e. The molecule has 0 radical (unpaired) electrons. The van der Waals surface area contributed by atoms with E-state index < -0.39 is 0 Å². The molecule has 0 saturated heterocycles. The summed E-state index contributed by atoms with van der Waals surface area (Å²) in [6.07, 6.45) is 13.0. The van der Waals surface area contributed by atoms with Crippen molar-refractivity contribution in [3.63, 3.8) is 0 Å². The Bertz CT molecular complexity index is 332. The van der Waals surface area contributed by atoms with Gasteiger partial charge in [0.25, 0.3) is 5.70 Å². The largest absolute Gasteiger partial charge is 0.374 e. The predicted molar refractivity (Wildman–Crippen MR) is 78.6 cm³/mol. The fraction of sp³-hybridized carbons (Fsp3) is 0.600. The molecule has 1 atom stereocenters. The molecular formula is C15H25NO3. The van der Waals surface area contributed by atoms with Gasteiger partial charge in [0.05, 0.1) is 17.6 Å². The minimum atomic E-state index is -0.388. The summed E-state index contributed by atoms with van der Waals surface area (Å²) in [6, 6.07) is 0. The van der Waals surface area contributed by atoms with Crippen molar-refractivity contribution in [1.82, 2.24) is 0 Å². The number of ether oxygens (including phenoxy) is 1. The Labute approximate surface area is 116 Å². The van der Waals surface area contributed by atoms with Crippen LogP contribution >= 0.6 is 0 Å². The van der Waals surface area contributed by atoms with E-state index in [1.807, 2.05) is 13.0 Å². The van der Waals surface area contributed by atoms with E-state index in [1.165, 1.54) is 12.2 Å². The summed E-state index contributed by atoms with van der Waals surface area (Å²) < 4.78 is 5.73. The van der Waals surface area contributed by atoms with Crippen molar-refractivity contribution in [2.24, 2.45) is 0 Å². The number of hydrogen-bond donors (Lipinski definition) is 0. The second kappa shape index (κ2) is 11.7. The van der Waals surface area contributed by atoms with Gasteiger partial charge in [0.2, 0.25) is 0 Å². The molecule has 4 nitrogen and oxygen atoms in total. The lowest BCUT2D eigenvalue weighted by molar-refractivity contribution is -0.419. The number of rotatable bonds is 10. The molecule has 0 aromatic rings. The summed E-state index contributed by atoms with van der Waals surface area (Å²) in [7, 11) is 0. The number of hydrogen-bond acceptors (Lipinski definition) is 3. The van der Waals surface area contributed by atoms with Crippen LogP contribution in [0.4, 0.5) is 0 Å². The summed E-state index contributed by atoms with van der Waals surface area (Å²) in [6.45, 7) is 6.39. The highest BCUT2D eigenvalue weighted by molar-refractivity contribution is 5.09. The highest BCUT2D eigenvalue weighted by Crippen LogP contribution is 2.07. The minimum absolute atomic E-state index is 0.121. The maximum atomic E-state index is 10.6. The molecule has 0 aliphatic carbocycles. The highest BCUT2D eigenvalue weighted by atomic mass is 16.6. The molecule has 0 aliphatic heterocycles. The summed E-state index contributed by atoms with van der Waals surface area (Å²) >= 11 is 0. The third kappa shape index (κ3) is 9.19. The van der Waals surface area contributed by atoms with E-state index in [-0.39, 0.29) is 16.7 Å². The maximum Gasteiger partial charge on any atom is 0.264 e. The number of unbranched alkanes of at least 4 members (excludes halogenated alkanes) is 1. The molecule has 0 spiro atoms. The standard InChI is InChI=1S/C15H25NO3/c1-4-7-12-15(10-5-2)19-13-9-8-11-14(6-3)16(17)18/h5-6,8,10-11,15H,4,7,9,12-13H2,1-3H3/b10-5+,11-8-,14-6+. The van der Waals surface area contributed by atoms with Crippen molar-refractivity contribution < 1.29 is 9.66 Å². The molecular weight excluding hydrogens is 242 g/mol. The van der Waals surface area contributed by atoms with Crippen molar-refractivity contribution in [3.8, 4) is 0 Å². The van der Waals surface area contributed by atoms with Crippen LogP contribution < -0.4 is 0 Å². The molecule has 0 aromatic carbocycles. The molecule has 0 amide bonds. The third-order valence-electron chi connectivity index (χ3n) is 2.66. The zero-order valence-corrected chi connectivity index (χ0v) is 12.2. The molecule has 0 rings (SSSR count). The van der Waals surface area contributed by atoms with Gasteiger partial charge in [-0.05, 0) is 32.8 Å². The topological polar surface area (TPSA) is 52.4 Å². The first kappa shape index (κ1) is 17.6. The van der Waals surface area contributed by atoms with E-state index in [9.17, 15) is 10.1 Å². The molecule has 0 fully saturated rings. The zero-order valence-electron chi connectivity index (χ0n) is 12.2. The normalized spacial score (nSPS) is 14.4. The average molecular weight is 267 g/mol. The van der Waals surface area contributed by atoms with Gasteiger partial charge in [-0.25, -0.2) is 0 Å². The van der Waals surface area contributed by atoms with Crippen LogP contribution in [-0.4, -0.2) is 17.6 Å². The Kier molecular flexibility index (Phi) is 10.8. The van der Waals surface area contributed by atoms with Gasteiger partial charge in [-0.1, -0.05) is 38.0 Å². The second-order valence-corrected chi connectivity index (χ2v) is 4.24. The summed E-state index contributed by atoms with van der Waals surface area (Å²) in [5, 5.41) is 10.6. The van der Waals surface area contributed by atoms with Gasteiger partial charge in [0.15, 0.2) is 0 Å². The molecule has 0 saturated carbocycles. The first-order valence-electron chi connectivity index (χ1n) is 6.87. The number of nitrogens with zero attached hydrogens (tertiary/aromatic N) is 1. The van der Waals surface area contributed by atoms with Crippen molar-refractivity contribution >= 4 is 0 Å². The van der Waals surface area contributed by atoms with Crippen LogP contribution in [0.2, 0.25) is 0 Å². The lowest BCUT2D eigenvalue weighted by Crippen LogP contribution is -2.10. The lowest BCUT2D eigenvalue weighted by Gasteiger charge is -2.12. The first-order valence-corrected chi connectivity index (χ1v) is 6.87. The van der Waals surface area contributed by atoms with Crippen LogP contribution in [0.1, 0.15) is 46.5 Å². The van der Waals surface area contributed by atoms with Crippen molar-refractivity contribution in [2.45, 2.75) is 52.6 Å². The van der Waals surface area contributed by atoms with E-state index >= 15 is 0 Å². The van der Waals surface area contributed by atoms with Crippen LogP contribution in [0.3, 0.4) is 0 Å². The number of nitro groups is 1.